The highest BCUT2D eigenvalue weighted by atomic mass is 16.6. The van der Waals surface area contributed by atoms with Crippen LogP contribution in [0, 0.1) is 0 Å². The van der Waals surface area contributed by atoms with E-state index in [9.17, 15) is 33.6 Å². The van der Waals surface area contributed by atoms with Gasteiger partial charge in [-0.2, -0.15) is 0 Å². The first-order chi connectivity index (χ1) is 54.9. The first-order valence-corrected chi connectivity index (χ1v) is 42.0. The van der Waals surface area contributed by atoms with E-state index in [2.05, 4.69) is 213 Å². The second-order valence-electron chi connectivity index (χ2n) is 37.9. The molecule has 6 amide bonds. The Hall–Kier alpha value is -10.2. The zero-order chi connectivity index (χ0) is 85.4. The van der Waals surface area contributed by atoms with Crippen LogP contribution < -0.4 is 31.9 Å². The summed E-state index contributed by atoms with van der Waals surface area (Å²) in [6.45, 7) is 45.4. The van der Waals surface area contributed by atoms with Crippen molar-refractivity contribution >= 4 is 42.2 Å². The summed E-state index contributed by atoms with van der Waals surface area (Å²) in [5.74, 6) is -1.18. The van der Waals surface area contributed by atoms with E-state index >= 15 is 0 Å². The number of alkyl carbamates (subject to hydrolysis) is 4. The minimum absolute atomic E-state index is 0.0387. The highest BCUT2D eigenvalue weighted by Gasteiger charge is 2.35. The van der Waals surface area contributed by atoms with Crippen LogP contribution in [0.25, 0.3) is 22.3 Å². The summed E-state index contributed by atoms with van der Waals surface area (Å²) < 4.78 is 28.6. The maximum atomic E-state index is 14.2. The molecule has 7 aromatic rings. The SMILES string of the molecule is C=C(C)C(=O)OCc1cc(CCCNC(=O)c2cc(CCCNC(=O)OCC3c4cc(C(C)(C)C)ccc4-c4ccc(C(C)(C)C)cc43)cc(CCCNC(=O)OC(C)(C)C)c2)cc(CCCNC(=O)c2cc(CCCNC(=O)OCC3c4cc(C(C)(C)C)ccc4-c4ccc(C(C)(C)C)cc43)cc(CCCNC(=O)OC(C)(C)C)c2)c1. The summed E-state index contributed by atoms with van der Waals surface area (Å²) in [4.78, 5) is 93.1. The molecule has 2 aliphatic carbocycles. The molecule has 18 nitrogen and oxygen atoms in total. The first-order valence-electron chi connectivity index (χ1n) is 42.0. The summed E-state index contributed by atoms with van der Waals surface area (Å²) in [5, 5.41) is 18.0. The zero-order valence-corrected chi connectivity index (χ0v) is 73.2. The Bertz CT molecular complexity index is 4320. The van der Waals surface area contributed by atoms with E-state index in [1.807, 2.05) is 77.9 Å². The van der Waals surface area contributed by atoms with Gasteiger partial charge in [-0.3, -0.25) is 9.59 Å². The molecule has 0 radical (unpaired) electrons. The third-order valence-electron chi connectivity index (χ3n) is 21.3. The van der Waals surface area contributed by atoms with E-state index in [0.717, 1.165) is 38.9 Å². The molecule has 0 saturated carbocycles. The molecule has 117 heavy (non-hydrogen) atoms. The lowest BCUT2D eigenvalue weighted by atomic mass is 9.83. The van der Waals surface area contributed by atoms with Crippen LogP contribution in [0.4, 0.5) is 19.2 Å². The Labute approximate surface area is 696 Å². The third kappa shape index (κ3) is 27.2. The summed E-state index contributed by atoms with van der Waals surface area (Å²) in [6, 6.07) is 44.7. The number of amides is 6. The number of hydrogen-bond donors (Lipinski definition) is 6. The van der Waals surface area contributed by atoms with Gasteiger partial charge in [0.25, 0.3) is 11.8 Å². The van der Waals surface area contributed by atoms with E-state index in [0.29, 0.717) is 133 Å². The summed E-state index contributed by atoms with van der Waals surface area (Å²) >= 11 is 0. The van der Waals surface area contributed by atoms with E-state index in [4.69, 9.17) is 23.7 Å². The molecule has 7 aromatic carbocycles. The van der Waals surface area contributed by atoms with Gasteiger partial charge in [0.2, 0.25) is 0 Å². The van der Waals surface area contributed by atoms with Gasteiger partial charge < -0.3 is 55.6 Å². The fraction of sp³-hybridized carbons (Fsp3) is 0.485. The molecule has 0 spiro atoms. The smallest absolute Gasteiger partial charge is 0.407 e. The van der Waals surface area contributed by atoms with Crippen molar-refractivity contribution in [1.29, 1.82) is 0 Å². The standard InChI is InChI=1S/C99H130N6O12/c1-63(2)89(108)113-60-70-50-64(27-21-41-100-87(106)71-52-66(48-68(54-71)31-25-45-104-92(111)116-98(15,16)17)29-23-43-102-90(109)114-61-85-81-56-73(94(3,4)5)33-37-77(81)78-38-34-74(57-82(78)85)95(6,7)8)47-65(51-70)28-22-42-101-88(107)72-53-67(49-69(55-72)32-26-46-105-93(112)117-99(18,19)20)30-24-44-103-91(110)115-62-86-83-58-75(96(9,10)11)35-39-79(83)80-40-36-76(59-84(80)86)97(12,13)14/h33-40,47-59,85-86H,1,21-32,41-46,60-62H2,2-20H3,(H,100,106)(H,101,107)(H,102,109)(H,103,110)(H,104,111)(H,105,112). The van der Waals surface area contributed by atoms with Gasteiger partial charge in [-0.05, 0) is 277 Å². The molecule has 628 valence electrons. The van der Waals surface area contributed by atoms with Crippen molar-refractivity contribution in [2.75, 3.05) is 52.5 Å². The largest absolute Gasteiger partial charge is 0.457 e. The lowest BCUT2D eigenvalue weighted by Gasteiger charge is -2.22. The number of hydrogen-bond acceptors (Lipinski definition) is 12. The van der Waals surface area contributed by atoms with Crippen LogP contribution in [0.15, 0.2) is 140 Å². The second-order valence-corrected chi connectivity index (χ2v) is 37.9. The fourth-order valence-electron chi connectivity index (χ4n) is 15.0. The zero-order valence-electron chi connectivity index (χ0n) is 73.2. The van der Waals surface area contributed by atoms with Crippen molar-refractivity contribution in [2.45, 2.75) is 260 Å². The van der Waals surface area contributed by atoms with Gasteiger partial charge in [0.15, 0.2) is 0 Å². The molecule has 6 N–H and O–H groups in total. The maximum Gasteiger partial charge on any atom is 0.407 e. The van der Waals surface area contributed by atoms with E-state index in [1.165, 1.54) is 66.8 Å². The van der Waals surface area contributed by atoms with Crippen molar-refractivity contribution in [2.24, 2.45) is 0 Å². The van der Waals surface area contributed by atoms with E-state index < -0.39 is 41.5 Å². The number of carbonyl (C=O) groups excluding carboxylic acids is 7. The van der Waals surface area contributed by atoms with Crippen molar-refractivity contribution < 1.29 is 57.2 Å². The molecule has 0 fully saturated rings. The van der Waals surface area contributed by atoms with Crippen LogP contribution in [-0.4, -0.2) is 106 Å². The molecule has 18 heteroatoms. The number of fused-ring (bicyclic) bond motifs is 6. The van der Waals surface area contributed by atoms with Crippen molar-refractivity contribution in [3.8, 4) is 22.3 Å². The number of carbonyl (C=O) groups is 7. The topological polar surface area (TPSA) is 238 Å². The molecule has 0 bridgehead atoms. The minimum atomic E-state index is -0.636. The molecular weight excluding hydrogens is 1470 g/mol. The number of benzene rings is 7. The Morgan fingerprint density at radius 2 is 0.564 bits per heavy atom. The van der Waals surface area contributed by atoms with Gasteiger partial charge in [-0.15, -0.1) is 0 Å². The predicted molar refractivity (Wildman–Crippen MR) is 468 cm³/mol. The molecule has 0 atom stereocenters. The fourth-order valence-corrected chi connectivity index (χ4v) is 15.0. The van der Waals surface area contributed by atoms with E-state index in [1.54, 1.807) is 6.92 Å². The highest BCUT2D eigenvalue weighted by molar-refractivity contribution is 5.95. The van der Waals surface area contributed by atoms with E-state index in [-0.39, 0.29) is 65.1 Å². The van der Waals surface area contributed by atoms with Gasteiger partial charge in [0, 0.05) is 67.8 Å². The molecular formula is C99H130N6O12. The quantitative estimate of drug-likeness (QED) is 0.00975. The highest BCUT2D eigenvalue weighted by Crippen LogP contribution is 2.49. The number of aryl methyl sites for hydroxylation is 6. The molecule has 0 aliphatic heterocycles. The molecule has 0 unspecified atom stereocenters. The van der Waals surface area contributed by atoms with Crippen LogP contribution >= 0.6 is 0 Å². The van der Waals surface area contributed by atoms with Gasteiger partial charge >= 0.3 is 30.3 Å². The van der Waals surface area contributed by atoms with Crippen molar-refractivity contribution in [1.82, 2.24) is 31.9 Å². The minimum Gasteiger partial charge on any atom is -0.457 e. The normalized spacial score (nSPS) is 12.8. The van der Waals surface area contributed by atoms with Crippen LogP contribution in [0.5, 0.6) is 0 Å². The molecule has 2 aliphatic rings. The molecule has 0 heterocycles. The van der Waals surface area contributed by atoms with Crippen LogP contribution in [-0.2, 0) is 95.3 Å². The van der Waals surface area contributed by atoms with Gasteiger partial charge in [-0.1, -0.05) is 193 Å². The monoisotopic (exact) mass is 1590 g/mol. The number of ether oxygens (including phenoxy) is 5. The van der Waals surface area contributed by atoms with Crippen molar-refractivity contribution in [3.05, 3.63) is 234 Å². The Morgan fingerprint density at radius 1 is 0.316 bits per heavy atom. The molecule has 0 saturated heterocycles. The average molecular weight is 1600 g/mol. The number of nitrogens with one attached hydrogen (secondary N) is 6. The van der Waals surface area contributed by atoms with Crippen LogP contribution in [0.1, 0.15) is 286 Å². The second kappa shape index (κ2) is 39.3. The summed E-state index contributed by atoms with van der Waals surface area (Å²) in [7, 11) is 0. The summed E-state index contributed by atoms with van der Waals surface area (Å²) in [6.07, 6.45) is 5.18. The number of rotatable bonds is 33. The lowest BCUT2D eigenvalue weighted by Crippen LogP contribution is -2.33. The summed E-state index contributed by atoms with van der Waals surface area (Å²) in [5.41, 5.74) is 20.6. The van der Waals surface area contributed by atoms with Gasteiger partial charge in [0.1, 0.15) is 31.0 Å². The Kier molecular flexibility index (Phi) is 30.5. The first kappa shape index (κ1) is 90.7. The third-order valence-corrected chi connectivity index (χ3v) is 21.3. The predicted octanol–water partition coefficient (Wildman–Crippen LogP) is 20.1. The van der Waals surface area contributed by atoms with Crippen LogP contribution in [0.3, 0.4) is 0 Å². The van der Waals surface area contributed by atoms with Crippen LogP contribution in [0.2, 0.25) is 0 Å². The Balaban J connectivity index is 0.801. The van der Waals surface area contributed by atoms with Crippen molar-refractivity contribution in [3.63, 3.8) is 0 Å². The Morgan fingerprint density at radius 3 is 0.821 bits per heavy atom. The number of esters is 1. The van der Waals surface area contributed by atoms with Gasteiger partial charge in [0.05, 0.1) is 0 Å². The molecule has 9 rings (SSSR count). The lowest BCUT2D eigenvalue weighted by molar-refractivity contribution is -0.140. The molecule has 0 aromatic heterocycles. The maximum absolute atomic E-state index is 14.2. The van der Waals surface area contributed by atoms with Gasteiger partial charge in [-0.25, -0.2) is 24.0 Å². The average Bonchev–Trinajstić information content (AvgIpc) is 1.60.